The van der Waals surface area contributed by atoms with Crippen molar-refractivity contribution < 1.29 is 4.74 Å². The van der Waals surface area contributed by atoms with Gasteiger partial charge in [-0.25, -0.2) is 0 Å². The summed E-state index contributed by atoms with van der Waals surface area (Å²) >= 11 is 2.17. The van der Waals surface area contributed by atoms with E-state index in [4.69, 9.17) is 4.74 Å². The van der Waals surface area contributed by atoms with Crippen molar-refractivity contribution in [3.05, 3.63) is 11.8 Å². The Morgan fingerprint density at radius 1 is 1.32 bits per heavy atom. The summed E-state index contributed by atoms with van der Waals surface area (Å²) in [6, 6.07) is 0.437. The normalized spacial score (nSPS) is 22.7. The number of allylic oxidation sites excluding steroid dienone is 1. The van der Waals surface area contributed by atoms with Crippen LogP contribution in [0.5, 0.6) is 0 Å². The van der Waals surface area contributed by atoms with Crippen LogP contribution in [-0.4, -0.2) is 30.2 Å². The Balaban J connectivity index is 1.80. The largest absolute Gasteiger partial charge is 0.497 e. The highest BCUT2D eigenvalue weighted by molar-refractivity contribution is 7.99. The van der Waals surface area contributed by atoms with Crippen molar-refractivity contribution in [1.82, 2.24) is 5.32 Å². The van der Waals surface area contributed by atoms with Crippen LogP contribution in [0.2, 0.25) is 0 Å². The second-order valence-corrected chi connectivity index (χ2v) is 7.03. The molecule has 19 heavy (non-hydrogen) atoms. The summed E-state index contributed by atoms with van der Waals surface area (Å²) in [5.41, 5.74) is 0. The van der Waals surface area contributed by atoms with E-state index >= 15 is 0 Å². The van der Waals surface area contributed by atoms with Crippen LogP contribution in [0.1, 0.15) is 58.3 Å². The second-order valence-electron chi connectivity index (χ2n) is 5.70. The van der Waals surface area contributed by atoms with Crippen LogP contribution >= 0.6 is 11.8 Å². The molecule has 2 aliphatic rings. The quantitative estimate of drug-likeness (QED) is 0.759. The predicted molar refractivity (Wildman–Crippen MR) is 84.7 cm³/mol. The molecule has 2 nitrogen and oxygen atoms in total. The summed E-state index contributed by atoms with van der Waals surface area (Å²) in [7, 11) is 0. The van der Waals surface area contributed by atoms with Gasteiger partial charge in [0.25, 0.3) is 0 Å². The van der Waals surface area contributed by atoms with Gasteiger partial charge >= 0.3 is 0 Å². The molecule has 0 bridgehead atoms. The van der Waals surface area contributed by atoms with Crippen LogP contribution in [0.15, 0.2) is 11.8 Å². The first-order valence-corrected chi connectivity index (χ1v) is 9.13. The van der Waals surface area contributed by atoms with Gasteiger partial charge in [-0.2, -0.15) is 11.8 Å². The van der Waals surface area contributed by atoms with E-state index in [0.29, 0.717) is 6.04 Å². The zero-order valence-corrected chi connectivity index (χ0v) is 13.1. The van der Waals surface area contributed by atoms with E-state index in [-0.39, 0.29) is 0 Å². The fourth-order valence-electron chi connectivity index (χ4n) is 2.84. The third-order valence-corrected chi connectivity index (χ3v) is 5.47. The molecule has 2 rings (SSSR count). The molecule has 0 spiro atoms. The molecule has 0 saturated heterocycles. The Hall–Kier alpha value is -0.150. The van der Waals surface area contributed by atoms with Gasteiger partial charge in [0.05, 0.1) is 12.6 Å². The zero-order chi connectivity index (χ0) is 13.3. The zero-order valence-electron chi connectivity index (χ0n) is 12.3. The minimum Gasteiger partial charge on any atom is -0.497 e. The molecule has 1 aliphatic heterocycles. The highest BCUT2D eigenvalue weighted by atomic mass is 32.2. The molecule has 1 fully saturated rings. The van der Waals surface area contributed by atoms with Gasteiger partial charge in [0.15, 0.2) is 0 Å². The summed E-state index contributed by atoms with van der Waals surface area (Å²) in [5.74, 6) is 2.39. The van der Waals surface area contributed by atoms with Crippen molar-refractivity contribution in [3.8, 4) is 0 Å². The molecule has 0 amide bonds. The number of thioether (sulfide) groups is 1. The average Bonchev–Trinajstić information content (AvgIpc) is 2.49. The van der Waals surface area contributed by atoms with Gasteiger partial charge in [0.2, 0.25) is 0 Å². The molecule has 0 aromatic carbocycles. The van der Waals surface area contributed by atoms with Crippen molar-refractivity contribution in [1.29, 1.82) is 0 Å². The predicted octanol–water partition coefficient (Wildman–Crippen LogP) is 4.11. The molecule has 1 N–H and O–H groups in total. The molecule has 1 aliphatic carbocycles. The Morgan fingerprint density at radius 3 is 2.84 bits per heavy atom. The Bertz CT molecular complexity index is 274. The fraction of sp³-hybridized carbons (Fsp3) is 0.875. The van der Waals surface area contributed by atoms with Crippen LogP contribution in [0.4, 0.5) is 0 Å². The van der Waals surface area contributed by atoms with E-state index in [1.54, 1.807) is 0 Å². The van der Waals surface area contributed by atoms with Crippen molar-refractivity contribution in [3.63, 3.8) is 0 Å². The molecule has 1 heterocycles. The van der Waals surface area contributed by atoms with Crippen molar-refractivity contribution in [2.24, 2.45) is 0 Å². The van der Waals surface area contributed by atoms with Crippen LogP contribution in [0.3, 0.4) is 0 Å². The standard InChI is InChI=1S/C16H29NOS/c1-2-11-17-15(16-10-6-7-12-18-16)13-19-14-8-4-3-5-9-14/h10,14-15,17H,2-9,11-13H2,1H3. The van der Waals surface area contributed by atoms with Gasteiger partial charge in [0.1, 0.15) is 5.76 Å². The van der Waals surface area contributed by atoms with Gasteiger partial charge in [-0.05, 0) is 44.7 Å². The molecule has 1 unspecified atom stereocenters. The summed E-state index contributed by atoms with van der Waals surface area (Å²) in [4.78, 5) is 0. The molecule has 0 aromatic heterocycles. The van der Waals surface area contributed by atoms with Crippen LogP contribution < -0.4 is 5.32 Å². The lowest BCUT2D eigenvalue weighted by atomic mass is 10.0. The second kappa shape index (κ2) is 8.91. The number of ether oxygens (including phenoxy) is 1. The third kappa shape index (κ3) is 5.39. The maximum absolute atomic E-state index is 5.86. The van der Waals surface area contributed by atoms with Crippen LogP contribution in [-0.2, 0) is 4.74 Å². The fourth-order valence-corrected chi connectivity index (χ4v) is 4.26. The van der Waals surface area contributed by atoms with Gasteiger partial charge < -0.3 is 10.1 Å². The van der Waals surface area contributed by atoms with E-state index in [2.05, 4.69) is 30.1 Å². The lowest BCUT2D eigenvalue weighted by Gasteiger charge is -2.27. The first-order chi connectivity index (χ1) is 9.40. The number of hydrogen-bond donors (Lipinski definition) is 1. The van der Waals surface area contributed by atoms with E-state index in [9.17, 15) is 0 Å². The minimum atomic E-state index is 0.437. The third-order valence-electron chi connectivity index (χ3n) is 4.00. The Labute approximate surface area is 122 Å². The van der Waals surface area contributed by atoms with Crippen molar-refractivity contribution in [2.45, 2.75) is 69.6 Å². The molecular weight excluding hydrogens is 254 g/mol. The first-order valence-electron chi connectivity index (χ1n) is 8.08. The number of nitrogens with one attached hydrogen (secondary N) is 1. The Kier molecular flexibility index (Phi) is 7.15. The van der Waals surface area contributed by atoms with E-state index in [0.717, 1.165) is 18.4 Å². The molecule has 1 saturated carbocycles. The van der Waals surface area contributed by atoms with E-state index < -0.39 is 0 Å². The van der Waals surface area contributed by atoms with E-state index in [1.807, 2.05) is 0 Å². The van der Waals surface area contributed by atoms with Crippen LogP contribution in [0.25, 0.3) is 0 Å². The number of hydrogen-bond acceptors (Lipinski definition) is 3. The highest BCUT2D eigenvalue weighted by Gasteiger charge is 2.20. The number of rotatable bonds is 7. The van der Waals surface area contributed by atoms with Gasteiger partial charge in [-0.1, -0.05) is 26.2 Å². The average molecular weight is 283 g/mol. The monoisotopic (exact) mass is 283 g/mol. The Morgan fingerprint density at radius 2 is 2.16 bits per heavy atom. The van der Waals surface area contributed by atoms with Crippen molar-refractivity contribution >= 4 is 11.8 Å². The maximum Gasteiger partial charge on any atom is 0.110 e. The lowest BCUT2D eigenvalue weighted by molar-refractivity contribution is 0.171. The summed E-state index contributed by atoms with van der Waals surface area (Å²) in [5, 5.41) is 4.56. The van der Waals surface area contributed by atoms with Gasteiger partial charge in [0, 0.05) is 11.0 Å². The van der Waals surface area contributed by atoms with Crippen LogP contribution in [0, 0.1) is 0 Å². The topological polar surface area (TPSA) is 21.3 Å². The van der Waals surface area contributed by atoms with Gasteiger partial charge in [-0.3, -0.25) is 0 Å². The SMILES string of the molecule is CCCNC(CSC1CCCCC1)C1=CCCCO1. The molecule has 3 heteroatoms. The first kappa shape index (κ1) is 15.2. The van der Waals surface area contributed by atoms with E-state index in [1.165, 1.54) is 62.9 Å². The summed E-state index contributed by atoms with van der Waals surface area (Å²) in [6.45, 7) is 4.23. The summed E-state index contributed by atoms with van der Waals surface area (Å²) < 4.78 is 5.86. The van der Waals surface area contributed by atoms with Gasteiger partial charge in [-0.15, -0.1) is 0 Å². The highest BCUT2D eigenvalue weighted by Crippen LogP contribution is 2.29. The lowest BCUT2D eigenvalue weighted by Crippen LogP contribution is -2.36. The molecule has 0 aromatic rings. The molecule has 0 radical (unpaired) electrons. The summed E-state index contributed by atoms with van der Waals surface area (Å²) in [6.07, 6.45) is 13.0. The molecule has 1 atom stereocenters. The minimum absolute atomic E-state index is 0.437. The maximum atomic E-state index is 5.86. The van der Waals surface area contributed by atoms with Crippen molar-refractivity contribution in [2.75, 3.05) is 18.9 Å². The smallest absolute Gasteiger partial charge is 0.110 e. The molecular formula is C16H29NOS. The molecule has 110 valence electrons.